The summed E-state index contributed by atoms with van der Waals surface area (Å²) in [5, 5.41) is 3.60. The second-order valence-electron chi connectivity index (χ2n) is 6.30. The first kappa shape index (κ1) is 18.2. The number of anilines is 2. The smallest absolute Gasteiger partial charge is 0.258 e. The summed E-state index contributed by atoms with van der Waals surface area (Å²) in [5.41, 5.74) is 3.69. The van der Waals surface area contributed by atoms with Crippen molar-refractivity contribution in [3.63, 3.8) is 0 Å². The van der Waals surface area contributed by atoms with Crippen molar-refractivity contribution in [1.82, 2.24) is 9.97 Å². The first-order chi connectivity index (χ1) is 13.7. The zero-order valence-electron chi connectivity index (χ0n) is 15.3. The summed E-state index contributed by atoms with van der Waals surface area (Å²) in [7, 11) is 0. The van der Waals surface area contributed by atoms with Gasteiger partial charge in [0.2, 0.25) is 0 Å². The SMILES string of the molecule is CSc1ncccc1C(=O)Nc1ccc2c(c1)N(C(=O)c1ccncc1)CC2. The van der Waals surface area contributed by atoms with Crippen molar-refractivity contribution in [3.05, 3.63) is 77.7 Å². The van der Waals surface area contributed by atoms with Gasteiger partial charge in [-0.3, -0.25) is 14.6 Å². The van der Waals surface area contributed by atoms with Gasteiger partial charge in [0.25, 0.3) is 11.8 Å². The fourth-order valence-electron chi connectivity index (χ4n) is 3.24. The average Bonchev–Trinajstić information content (AvgIpc) is 3.17. The van der Waals surface area contributed by atoms with E-state index in [-0.39, 0.29) is 11.8 Å². The number of benzene rings is 1. The molecule has 0 saturated carbocycles. The first-order valence-electron chi connectivity index (χ1n) is 8.82. The lowest BCUT2D eigenvalue weighted by Crippen LogP contribution is -2.28. The molecular weight excluding hydrogens is 372 g/mol. The molecule has 3 aromatic rings. The highest BCUT2D eigenvalue weighted by molar-refractivity contribution is 7.98. The molecule has 2 amide bonds. The van der Waals surface area contributed by atoms with E-state index >= 15 is 0 Å². The molecule has 1 N–H and O–H groups in total. The fourth-order valence-corrected chi connectivity index (χ4v) is 3.79. The molecule has 28 heavy (non-hydrogen) atoms. The highest BCUT2D eigenvalue weighted by atomic mass is 32.2. The van der Waals surface area contributed by atoms with Gasteiger partial charge >= 0.3 is 0 Å². The monoisotopic (exact) mass is 390 g/mol. The van der Waals surface area contributed by atoms with Crippen molar-refractivity contribution < 1.29 is 9.59 Å². The molecule has 1 aliphatic rings. The molecule has 6 nitrogen and oxygen atoms in total. The summed E-state index contributed by atoms with van der Waals surface area (Å²) in [6, 6.07) is 12.6. The van der Waals surface area contributed by atoms with E-state index in [4.69, 9.17) is 0 Å². The van der Waals surface area contributed by atoms with Gasteiger partial charge < -0.3 is 10.2 Å². The Hall–Kier alpha value is -3.19. The molecule has 0 aliphatic carbocycles. The number of carbonyl (C=O) groups is 2. The summed E-state index contributed by atoms with van der Waals surface area (Å²) in [4.78, 5) is 35.5. The third-order valence-electron chi connectivity index (χ3n) is 4.62. The van der Waals surface area contributed by atoms with Crippen molar-refractivity contribution in [3.8, 4) is 0 Å². The van der Waals surface area contributed by atoms with Crippen molar-refractivity contribution in [2.24, 2.45) is 0 Å². The molecular formula is C21H18N4O2S. The van der Waals surface area contributed by atoms with Gasteiger partial charge in [-0.2, -0.15) is 0 Å². The Kier molecular flexibility index (Phi) is 5.08. The Labute approximate surface area is 167 Å². The predicted octanol–water partition coefficient (Wildman–Crippen LogP) is 3.65. The lowest BCUT2D eigenvalue weighted by atomic mass is 10.1. The molecule has 0 unspecified atom stereocenters. The van der Waals surface area contributed by atoms with Gasteiger partial charge in [0.05, 0.1) is 5.56 Å². The maximum absolute atomic E-state index is 12.8. The van der Waals surface area contributed by atoms with Crippen LogP contribution in [0.4, 0.5) is 11.4 Å². The highest BCUT2D eigenvalue weighted by Gasteiger charge is 2.26. The van der Waals surface area contributed by atoms with Gasteiger partial charge in [-0.1, -0.05) is 6.07 Å². The van der Waals surface area contributed by atoms with Gasteiger partial charge in [-0.25, -0.2) is 4.98 Å². The van der Waals surface area contributed by atoms with Crippen LogP contribution in [0.5, 0.6) is 0 Å². The van der Waals surface area contributed by atoms with Crippen LogP contribution in [0.15, 0.2) is 66.1 Å². The number of amides is 2. The van der Waals surface area contributed by atoms with Crippen LogP contribution in [0.25, 0.3) is 0 Å². The van der Waals surface area contributed by atoms with Crippen LogP contribution >= 0.6 is 11.8 Å². The van der Waals surface area contributed by atoms with Crippen LogP contribution in [0.3, 0.4) is 0 Å². The van der Waals surface area contributed by atoms with Crippen LogP contribution in [0, 0.1) is 0 Å². The van der Waals surface area contributed by atoms with Gasteiger partial charge in [0.15, 0.2) is 0 Å². The van der Waals surface area contributed by atoms with Crippen LogP contribution in [-0.2, 0) is 6.42 Å². The van der Waals surface area contributed by atoms with E-state index < -0.39 is 0 Å². The number of nitrogens with zero attached hydrogens (tertiary/aromatic N) is 3. The molecule has 0 saturated heterocycles. The zero-order valence-corrected chi connectivity index (χ0v) is 16.1. The second-order valence-corrected chi connectivity index (χ2v) is 7.10. The molecule has 1 aromatic carbocycles. The van der Waals surface area contributed by atoms with Gasteiger partial charge in [-0.05, 0) is 54.6 Å². The molecule has 2 aromatic heterocycles. The number of nitrogens with one attached hydrogen (secondary N) is 1. The number of pyridine rings is 2. The molecule has 0 fully saturated rings. The molecule has 0 atom stereocenters. The van der Waals surface area contributed by atoms with Crippen LogP contribution in [0.2, 0.25) is 0 Å². The largest absolute Gasteiger partial charge is 0.322 e. The Morgan fingerprint density at radius 2 is 1.93 bits per heavy atom. The summed E-state index contributed by atoms with van der Waals surface area (Å²) >= 11 is 1.43. The van der Waals surface area contributed by atoms with E-state index in [2.05, 4.69) is 15.3 Å². The minimum atomic E-state index is -0.220. The molecule has 0 spiro atoms. The number of hydrogen-bond donors (Lipinski definition) is 1. The number of aromatic nitrogens is 2. The number of carbonyl (C=O) groups excluding carboxylic acids is 2. The minimum Gasteiger partial charge on any atom is -0.322 e. The summed E-state index contributed by atoms with van der Waals surface area (Å²) < 4.78 is 0. The maximum atomic E-state index is 12.8. The van der Waals surface area contributed by atoms with Crippen molar-refractivity contribution in [2.45, 2.75) is 11.4 Å². The minimum absolute atomic E-state index is 0.0680. The van der Waals surface area contributed by atoms with Gasteiger partial charge in [0, 0.05) is 42.1 Å². The third-order valence-corrected chi connectivity index (χ3v) is 5.33. The molecule has 7 heteroatoms. The van der Waals surface area contributed by atoms with Crippen LogP contribution < -0.4 is 10.2 Å². The van der Waals surface area contributed by atoms with E-state index in [1.165, 1.54) is 11.8 Å². The average molecular weight is 390 g/mol. The second kappa shape index (κ2) is 7.82. The van der Waals surface area contributed by atoms with Gasteiger partial charge in [-0.15, -0.1) is 11.8 Å². The third kappa shape index (κ3) is 3.48. The number of fused-ring (bicyclic) bond motifs is 1. The van der Waals surface area contributed by atoms with Crippen molar-refractivity contribution in [2.75, 3.05) is 23.0 Å². The van der Waals surface area contributed by atoms with Crippen molar-refractivity contribution >= 4 is 35.0 Å². The first-order valence-corrected chi connectivity index (χ1v) is 10.0. The maximum Gasteiger partial charge on any atom is 0.258 e. The lowest BCUT2D eigenvalue weighted by molar-refractivity contribution is 0.0987. The highest BCUT2D eigenvalue weighted by Crippen LogP contribution is 2.32. The van der Waals surface area contributed by atoms with E-state index in [1.807, 2.05) is 24.5 Å². The van der Waals surface area contributed by atoms with Crippen LogP contribution in [-0.4, -0.2) is 34.6 Å². The van der Waals surface area contributed by atoms with Crippen molar-refractivity contribution in [1.29, 1.82) is 0 Å². The zero-order chi connectivity index (χ0) is 19.5. The molecule has 1 aliphatic heterocycles. The number of hydrogen-bond acceptors (Lipinski definition) is 5. The van der Waals surface area contributed by atoms with E-state index in [0.717, 1.165) is 17.7 Å². The Bertz CT molecular complexity index is 1040. The summed E-state index contributed by atoms with van der Waals surface area (Å²) in [6.45, 7) is 0.618. The number of thioether (sulfide) groups is 1. The Morgan fingerprint density at radius 3 is 2.71 bits per heavy atom. The lowest BCUT2D eigenvalue weighted by Gasteiger charge is -2.18. The number of rotatable bonds is 4. The predicted molar refractivity (Wildman–Crippen MR) is 110 cm³/mol. The summed E-state index contributed by atoms with van der Waals surface area (Å²) in [5.74, 6) is -0.288. The van der Waals surface area contributed by atoms with E-state index in [9.17, 15) is 9.59 Å². The van der Waals surface area contributed by atoms with Crippen LogP contribution in [0.1, 0.15) is 26.3 Å². The normalized spacial score (nSPS) is 12.5. The molecule has 3 heterocycles. The fraction of sp³-hybridized carbons (Fsp3) is 0.143. The molecule has 140 valence electrons. The molecule has 0 radical (unpaired) electrons. The molecule has 4 rings (SSSR count). The quantitative estimate of drug-likeness (QED) is 0.688. The summed E-state index contributed by atoms with van der Waals surface area (Å²) in [6.07, 6.45) is 7.56. The Morgan fingerprint density at radius 1 is 1.11 bits per heavy atom. The van der Waals surface area contributed by atoms with E-state index in [0.29, 0.717) is 28.4 Å². The van der Waals surface area contributed by atoms with E-state index in [1.54, 1.807) is 47.8 Å². The molecule has 0 bridgehead atoms. The van der Waals surface area contributed by atoms with Gasteiger partial charge in [0.1, 0.15) is 5.03 Å². The standard InChI is InChI=1S/C21H18N4O2S/c1-28-20-17(3-2-9-23-20)19(26)24-16-5-4-14-8-12-25(18(14)13-16)21(27)15-6-10-22-11-7-15/h2-7,9-11,13H,8,12H2,1H3,(H,24,26). The Balaban J connectivity index is 1.59. The topological polar surface area (TPSA) is 75.2 Å².